The van der Waals surface area contributed by atoms with Crippen LogP contribution in [0, 0.1) is 0 Å². The number of carbonyl (C=O) groups is 1. The fourth-order valence-corrected chi connectivity index (χ4v) is 1.95. The minimum Gasteiger partial charge on any atom is -0.491 e. The summed E-state index contributed by atoms with van der Waals surface area (Å²) >= 11 is 5.09. The van der Waals surface area contributed by atoms with Crippen LogP contribution < -0.4 is 15.4 Å². The van der Waals surface area contributed by atoms with Crippen molar-refractivity contribution in [2.24, 2.45) is 0 Å². The third-order valence-electron chi connectivity index (χ3n) is 3.20. The average Bonchev–Trinajstić information content (AvgIpc) is 3.02. The maximum absolute atomic E-state index is 12.3. The van der Waals surface area contributed by atoms with Gasteiger partial charge in [-0.05, 0) is 55.9 Å². The molecule has 0 aliphatic rings. The lowest BCUT2D eigenvalue weighted by atomic mass is 10.2. The molecule has 0 aliphatic heterocycles. The quantitative estimate of drug-likeness (QED) is 0.771. The van der Waals surface area contributed by atoms with Crippen LogP contribution in [0.1, 0.15) is 37.6 Å². The maximum Gasteiger partial charge on any atom is 0.269 e. The number of benzene rings is 1. The summed E-state index contributed by atoms with van der Waals surface area (Å²) < 4.78 is 5.71. The number of hydrogen-bond acceptors (Lipinski definition) is 6. The molecule has 128 valence electrons. The zero-order valence-electron chi connectivity index (χ0n) is 13.8. The van der Waals surface area contributed by atoms with E-state index >= 15 is 0 Å². The molecule has 1 atom stereocenters. The SMILES string of the molecule is CC[C@@H](C)Oc1cccc(C(=O)NC(=S)Nc2nnn(CC)n2)c1. The summed E-state index contributed by atoms with van der Waals surface area (Å²) in [5.41, 5.74) is 0.449. The lowest BCUT2D eigenvalue weighted by molar-refractivity contribution is 0.0977. The van der Waals surface area contributed by atoms with Crippen molar-refractivity contribution in [3.05, 3.63) is 29.8 Å². The van der Waals surface area contributed by atoms with Crippen LogP contribution in [0.3, 0.4) is 0 Å². The summed E-state index contributed by atoms with van der Waals surface area (Å²) in [6.07, 6.45) is 0.967. The molecule has 2 N–H and O–H groups in total. The van der Waals surface area contributed by atoms with Gasteiger partial charge in [0.15, 0.2) is 5.11 Å². The van der Waals surface area contributed by atoms with Crippen molar-refractivity contribution in [2.45, 2.75) is 39.8 Å². The summed E-state index contributed by atoms with van der Waals surface area (Å²) in [4.78, 5) is 13.7. The van der Waals surface area contributed by atoms with E-state index in [1.807, 2.05) is 26.8 Å². The zero-order valence-corrected chi connectivity index (χ0v) is 14.6. The minimum absolute atomic E-state index is 0.0818. The second kappa shape index (κ2) is 8.34. The fraction of sp³-hybridized carbons (Fsp3) is 0.400. The van der Waals surface area contributed by atoms with Gasteiger partial charge in [-0.2, -0.15) is 4.80 Å². The Morgan fingerprint density at radius 1 is 1.42 bits per heavy atom. The Labute approximate surface area is 145 Å². The van der Waals surface area contributed by atoms with E-state index in [-0.39, 0.29) is 23.1 Å². The Morgan fingerprint density at radius 3 is 2.88 bits per heavy atom. The van der Waals surface area contributed by atoms with Crippen molar-refractivity contribution in [3.8, 4) is 5.75 Å². The van der Waals surface area contributed by atoms with Crippen LogP contribution in [0.25, 0.3) is 0 Å². The highest BCUT2D eigenvalue weighted by atomic mass is 32.1. The smallest absolute Gasteiger partial charge is 0.269 e. The first-order valence-corrected chi connectivity index (χ1v) is 8.09. The molecule has 0 fully saturated rings. The standard InChI is InChI=1S/C15H20N6O2S/c1-4-10(3)23-12-8-6-7-11(9-12)13(22)16-15(24)17-14-18-20-21(5-2)19-14/h6-10H,4-5H2,1-3H3,(H2,16,17,19,22,24)/t10-/m1/s1. The number of aromatic nitrogens is 4. The van der Waals surface area contributed by atoms with Crippen LogP contribution in [-0.4, -0.2) is 37.3 Å². The van der Waals surface area contributed by atoms with E-state index in [4.69, 9.17) is 17.0 Å². The fourth-order valence-electron chi connectivity index (χ4n) is 1.76. The first-order valence-electron chi connectivity index (χ1n) is 7.68. The van der Waals surface area contributed by atoms with Gasteiger partial charge >= 0.3 is 0 Å². The molecular weight excluding hydrogens is 328 g/mol. The molecule has 0 unspecified atom stereocenters. The lowest BCUT2D eigenvalue weighted by Gasteiger charge is -2.13. The Balaban J connectivity index is 1.96. The highest BCUT2D eigenvalue weighted by molar-refractivity contribution is 7.80. The molecule has 0 saturated heterocycles. The topological polar surface area (TPSA) is 94.0 Å². The number of rotatable bonds is 6. The van der Waals surface area contributed by atoms with Crippen LogP contribution in [-0.2, 0) is 6.54 Å². The number of anilines is 1. The van der Waals surface area contributed by atoms with Crippen molar-refractivity contribution >= 4 is 29.2 Å². The van der Waals surface area contributed by atoms with Crippen molar-refractivity contribution < 1.29 is 9.53 Å². The summed E-state index contributed by atoms with van der Waals surface area (Å²) in [5, 5.41) is 17.0. The Hall–Kier alpha value is -2.55. The van der Waals surface area contributed by atoms with Crippen molar-refractivity contribution in [1.82, 2.24) is 25.5 Å². The van der Waals surface area contributed by atoms with Crippen LogP contribution >= 0.6 is 12.2 Å². The van der Waals surface area contributed by atoms with Gasteiger partial charge in [0.2, 0.25) is 0 Å². The molecule has 8 nitrogen and oxygen atoms in total. The van der Waals surface area contributed by atoms with Gasteiger partial charge < -0.3 is 4.74 Å². The molecule has 1 aromatic carbocycles. The number of hydrogen-bond donors (Lipinski definition) is 2. The molecule has 9 heteroatoms. The van der Waals surface area contributed by atoms with Crippen LogP contribution in [0.15, 0.2) is 24.3 Å². The van der Waals surface area contributed by atoms with Crippen molar-refractivity contribution in [1.29, 1.82) is 0 Å². The van der Waals surface area contributed by atoms with Gasteiger partial charge in [0.1, 0.15) is 5.75 Å². The second-order valence-corrected chi connectivity index (χ2v) is 5.48. The van der Waals surface area contributed by atoms with E-state index in [2.05, 4.69) is 26.0 Å². The van der Waals surface area contributed by atoms with Gasteiger partial charge in [0.25, 0.3) is 11.9 Å². The number of amides is 1. The molecule has 2 aromatic rings. The molecule has 0 aliphatic carbocycles. The normalized spacial score (nSPS) is 11.6. The molecule has 0 bridgehead atoms. The van der Waals surface area contributed by atoms with Gasteiger partial charge in [-0.25, -0.2) is 0 Å². The predicted octanol–water partition coefficient (Wildman–Crippen LogP) is 2.00. The lowest BCUT2D eigenvalue weighted by Crippen LogP contribution is -2.34. The number of nitrogens with zero attached hydrogens (tertiary/aromatic N) is 4. The maximum atomic E-state index is 12.3. The molecule has 1 amide bonds. The van der Waals surface area contributed by atoms with E-state index in [0.717, 1.165) is 6.42 Å². The zero-order chi connectivity index (χ0) is 17.5. The summed E-state index contributed by atoms with van der Waals surface area (Å²) in [6.45, 7) is 6.49. The number of thiocarbonyl (C=S) groups is 1. The predicted molar refractivity (Wildman–Crippen MR) is 94.0 cm³/mol. The summed E-state index contributed by atoms with van der Waals surface area (Å²) in [5.74, 6) is 0.532. The monoisotopic (exact) mass is 348 g/mol. The second-order valence-electron chi connectivity index (χ2n) is 5.07. The highest BCUT2D eigenvalue weighted by Gasteiger charge is 2.11. The van der Waals surface area contributed by atoms with Gasteiger partial charge in [-0.3, -0.25) is 15.4 Å². The van der Waals surface area contributed by atoms with Gasteiger partial charge in [0.05, 0.1) is 12.6 Å². The van der Waals surface area contributed by atoms with Crippen molar-refractivity contribution in [3.63, 3.8) is 0 Å². The van der Waals surface area contributed by atoms with Gasteiger partial charge in [-0.1, -0.05) is 18.1 Å². The average molecular weight is 348 g/mol. The largest absolute Gasteiger partial charge is 0.491 e. The van der Waals surface area contributed by atoms with E-state index in [1.165, 1.54) is 4.80 Å². The van der Waals surface area contributed by atoms with Gasteiger partial charge in [0, 0.05) is 5.56 Å². The molecular formula is C15H20N6O2S. The third-order valence-corrected chi connectivity index (χ3v) is 3.40. The Bertz CT molecular complexity index is 717. The number of aryl methyl sites for hydroxylation is 1. The molecule has 0 radical (unpaired) electrons. The van der Waals surface area contributed by atoms with Crippen LogP contribution in [0.2, 0.25) is 0 Å². The molecule has 1 aromatic heterocycles. The van der Waals surface area contributed by atoms with Gasteiger partial charge in [-0.15, -0.1) is 5.10 Å². The number of nitrogens with one attached hydrogen (secondary N) is 2. The minimum atomic E-state index is -0.343. The van der Waals surface area contributed by atoms with Crippen LogP contribution in [0.4, 0.5) is 5.95 Å². The highest BCUT2D eigenvalue weighted by Crippen LogP contribution is 2.15. The molecule has 0 spiro atoms. The summed E-state index contributed by atoms with van der Waals surface area (Å²) in [6, 6.07) is 6.94. The molecule has 24 heavy (non-hydrogen) atoms. The number of carbonyl (C=O) groups excluding carboxylic acids is 1. The first-order chi connectivity index (χ1) is 11.5. The number of tetrazole rings is 1. The Morgan fingerprint density at radius 2 is 2.21 bits per heavy atom. The van der Waals surface area contributed by atoms with E-state index in [0.29, 0.717) is 17.9 Å². The van der Waals surface area contributed by atoms with E-state index < -0.39 is 0 Å². The van der Waals surface area contributed by atoms with E-state index in [9.17, 15) is 4.79 Å². The molecule has 2 rings (SSSR count). The van der Waals surface area contributed by atoms with E-state index in [1.54, 1.807) is 18.2 Å². The molecule has 0 saturated carbocycles. The number of ether oxygens (including phenoxy) is 1. The third kappa shape index (κ3) is 4.98. The molecule has 1 heterocycles. The Kier molecular flexibility index (Phi) is 6.19. The van der Waals surface area contributed by atoms with Crippen LogP contribution in [0.5, 0.6) is 5.75 Å². The first kappa shape index (κ1) is 17.8. The summed E-state index contributed by atoms with van der Waals surface area (Å²) in [7, 11) is 0. The van der Waals surface area contributed by atoms with Crippen molar-refractivity contribution in [2.75, 3.05) is 5.32 Å².